The van der Waals surface area contributed by atoms with Crippen molar-refractivity contribution in [3.8, 4) is 0 Å². The highest BCUT2D eigenvalue weighted by molar-refractivity contribution is 5.99. The minimum Gasteiger partial charge on any atom is -0.468 e. The zero-order chi connectivity index (χ0) is 15.2. The molecule has 2 amide bonds. The lowest BCUT2D eigenvalue weighted by molar-refractivity contribution is -0.141. The van der Waals surface area contributed by atoms with E-state index >= 15 is 0 Å². The van der Waals surface area contributed by atoms with Gasteiger partial charge in [-0.25, -0.2) is 9.18 Å². The van der Waals surface area contributed by atoms with E-state index in [2.05, 4.69) is 20.5 Å². The van der Waals surface area contributed by atoms with Crippen LogP contribution in [0, 0.1) is 5.82 Å². The maximum absolute atomic E-state index is 12.7. The van der Waals surface area contributed by atoms with Crippen LogP contribution in [0.15, 0.2) is 36.7 Å². The Morgan fingerprint density at radius 3 is 2.57 bits per heavy atom. The quantitative estimate of drug-likeness (QED) is 0.842. The number of carbonyl (C=O) groups is 2. The lowest BCUT2D eigenvalue weighted by atomic mass is 10.3. The Kier molecular flexibility index (Phi) is 4.50. The van der Waals surface area contributed by atoms with Crippen LogP contribution in [0.5, 0.6) is 0 Å². The summed E-state index contributed by atoms with van der Waals surface area (Å²) in [6, 6.07) is 4.86. The van der Waals surface area contributed by atoms with E-state index in [4.69, 9.17) is 0 Å². The van der Waals surface area contributed by atoms with Gasteiger partial charge in [0.05, 0.1) is 19.0 Å². The predicted molar refractivity (Wildman–Crippen MR) is 73.3 cm³/mol. The Bertz CT molecular complexity index is 639. The van der Waals surface area contributed by atoms with Gasteiger partial charge in [-0.3, -0.25) is 9.48 Å². The fourth-order valence-corrected chi connectivity index (χ4v) is 1.54. The Hall–Kier alpha value is -2.90. The molecule has 110 valence electrons. The molecule has 0 unspecified atom stereocenters. The van der Waals surface area contributed by atoms with Crippen LogP contribution in [0.25, 0.3) is 0 Å². The number of nitrogens with one attached hydrogen (secondary N) is 2. The zero-order valence-corrected chi connectivity index (χ0v) is 11.2. The third kappa shape index (κ3) is 4.30. The van der Waals surface area contributed by atoms with Crippen LogP contribution in [0.3, 0.4) is 0 Å². The van der Waals surface area contributed by atoms with Gasteiger partial charge < -0.3 is 15.4 Å². The van der Waals surface area contributed by atoms with Crippen molar-refractivity contribution in [1.29, 1.82) is 0 Å². The van der Waals surface area contributed by atoms with E-state index in [-0.39, 0.29) is 12.4 Å². The molecule has 0 aliphatic heterocycles. The summed E-state index contributed by atoms with van der Waals surface area (Å²) in [5.41, 5.74) is 0.870. The molecule has 2 N–H and O–H groups in total. The first-order chi connectivity index (χ1) is 10.1. The van der Waals surface area contributed by atoms with Gasteiger partial charge in [-0.05, 0) is 24.3 Å². The number of ether oxygens (including phenoxy) is 1. The molecule has 0 spiro atoms. The Balaban J connectivity index is 1.90. The van der Waals surface area contributed by atoms with Gasteiger partial charge in [-0.15, -0.1) is 0 Å². The number of urea groups is 1. The molecular weight excluding hydrogens is 279 g/mol. The SMILES string of the molecule is COC(=O)Cn1cc(NC(=O)Nc2ccc(F)cc2)cn1. The van der Waals surface area contributed by atoms with Crippen molar-refractivity contribution in [1.82, 2.24) is 9.78 Å². The molecule has 0 bridgehead atoms. The fraction of sp³-hybridized carbons (Fsp3) is 0.154. The predicted octanol–water partition coefficient (Wildman–Crippen LogP) is 1.84. The van der Waals surface area contributed by atoms with E-state index < -0.39 is 12.0 Å². The van der Waals surface area contributed by atoms with Crippen molar-refractivity contribution >= 4 is 23.4 Å². The third-order valence-electron chi connectivity index (χ3n) is 2.51. The molecule has 0 radical (unpaired) electrons. The van der Waals surface area contributed by atoms with Crippen LogP contribution in [0.4, 0.5) is 20.6 Å². The summed E-state index contributed by atoms with van der Waals surface area (Å²) < 4.78 is 18.6. The fourth-order valence-electron chi connectivity index (χ4n) is 1.54. The number of aromatic nitrogens is 2. The number of hydrogen-bond donors (Lipinski definition) is 2. The van der Waals surface area contributed by atoms with Crippen LogP contribution in [-0.2, 0) is 16.1 Å². The summed E-state index contributed by atoms with van der Waals surface area (Å²) in [7, 11) is 1.28. The van der Waals surface area contributed by atoms with Crippen molar-refractivity contribution in [3.05, 3.63) is 42.5 Å². The number of hydrogen-bond acceptors (Lipinski definition) is 4. The average Bonchev–Trinajstić information content (AvgIpc) is 2.88. The average molecular weight is 292 g/mol. The van der Waals surface area contributed by atoms with E-state index in [0.29, 0.717) is 11.4 Å². The number of rotatable bonds is 4. The van der Waals surface area contributed by atoms with Crippen molar-refractivity contribution in [3.63, 3.8) is 0 Å². The molecule has 8 heteroatoms. The van der Waals surface area contributed by atoms with Crippen LogP contribution >= 0.6 is 0 Å². The number of methoxy groups -OCH3 is 1. The molecule has 2 rings (SSSR count). The first-order valence-electron chi connectivity index (χ1n) is 5.99. The van der Waals surface area contributed by atoms with E-state index in [1.165, 1.54) is 48.5 Å². The van der Waals surface area contributed by atoms with E-state index in [1.807, 2.05) is 0 Å². The normalized spacial score (nSPS) is 10.0. The molecule has 2 aromatic rings. The highest BCUT2D eigenvalue weighted by Crippen LogP contribution is 2.10. The van der Waals surface area contributed by atoms with Gasteiger partial charge >= 0.3 is 12.0 Å². The van der Waals surface area contributed by atoms with Crippen LogP contribution in [0.2, 0.25) is 0 Å². The number of halogens is 1. The van der Waals surface area contributed by atoms with E-state index in [1.54, 1.807) is 0 Å². The molecule has 1 heterocycles. The molecule has 1 aromatic carbocycles. The van der Waals surface area contributed by atoms with Gasteiger partial charge in [0.2, 0.25) is 0 Å². The van der Waals surface area contributed by atoms with Crippen molar-refractivity contribution < 1.29 is 18.7 Å². The number of amides is 2. The summed E-state index contributed by atoms with van der Waals surface area (Å²) in [4.78, 5) is 22.8. The molecule has 0 saturated carbocycles. The molecule has 0 atom stereocenters. The van der Waals surface area contributed by atoms with Crippen LogP contribution < -0.4 is 10.6 Å². The molecule has 0 aliphatic carbocycles. The Morgan fingerprint density at radius 1 is 1.24 bits per heavy atom. The maximum atomic E-state index is 12.7. The second-order valence-corrected chi connectivity index (χ2v) is 4.09. The second-order valence-electron chi connectivity index (χ2n) is 4.09. The third-order valence-corrected chi connectivity index (χ3v) is 2.51. The number of anilines is 2. The van der Waals surface area contributed by atoms with Gasteiger partial charge in [0, 0.05) is 11.9 Å². The number of esters is 1. The largest absolute Gasteiger partial charge is 0.468 e. The van der Waals surface area contributed by atoms with Gasteiger partial charge in [-0.1, -0.05) is 0 Å². The van der Waals surface area contributed by atoms with Gasteiger partial charge in [-0.2, -0.15) is 5.10 Å². The first-order valence-corrected chi connectivity index (χ1v) is 5.99. The summed E-state index contributed by atoms with van der Waals surface area (Å²) in [6.07, 6.45) is 2.88. The summed E-state index contributed by atoms with van der Waals surface area (Å²) in [6.45, 7) is -0.0439. The minimum atomic E-state index is -0.501. The minimum absolute atomic E-state index is 0.0439. The molecule has 1 aromatic heterocycles. The zero-order valence-electron chi connectivity index (χ0n) is 11.2. The molecule has 0 aliphatic rings. The summed E-state index contributed by atoms with van der Waals surface area (Å²) >= 11 is 0. The Morgan fingerprint density at radius 2 is 1.90 bits per heavy atom. The monoisotopic (exact) mass is 292 g/mol. The highest BCUT2D eigenvalue weighted by Gasteiger charge is 2.07. The first kappa shape index (κ1) is 14.5. The van der Waals surface area contributed by atoms with Crippen molar-refractivity contribution in [2.75, 3.05) is 17.7 Å². The van der Waals surface area contributed by atoms with E-state index in [0.717, 1.165) is 0 Å². The lowest BCUT2D eigenvalue weighted by Crippen LogP contribution is -2.19. The molecular formula is C13H13FN4O3. The van der Waals surface area contributed by atoms with Gasteiger partial charge in [0.1, 0.15) is 12.4 Å². The second kappa shape index (κ2) is 6.51. The van der Waals surface area contributed by atoms with Crippen LogP contribution in [-0.4, -0.2) is 28.9 Å². The Labute approximate surface area is 119 Å². The standard InChI is InChI=1S/C13H13FN4O3/c1-21-12(19)8-18-7-11(6-15-18)17-13(20)16-10-4-2-9(14)3-5-10/h2-7H,8H2,1H3,(H2,16,17,20). The summed E-state index contributed by atoms with van der Waals surface area (Å²) in [5, 5.41) is 8.97. The number of carbonyl (C=O) groups excluding carboxylic acids is 2. The topological polar surface area (TPSA) is 85.2 Å². The molecule has 0 fully saturated rings. The van der Waals surface area contributed by atoms with Crippen LogP contribution in [0.1, 0.15) is 0 Å². The molecule has 21 heavy (non-hydrogen) atoms. The molecule has 7 nitrogen and oxygen atoms in total. The van der Waals surface area contributed by atoms with Gasteiger partial charge in [0.15, 0.2) is 0 Å². The summed E-state index contributed by atoms with van der Waals surface area (Å²) in [5.74, 6) is -0.828. The lowest BCUT2D eigenvalue weighted by Gasteiger charge is -2.05. The number of benzene rings is 1. The smallest absolute Gasteiger partial charge is 0.327 e. The van der Waals surface area contributed by atoms with Crippen molar-refractivity contribution in [2.45, 2.75) is 6.54 Å². The molecule has 0 saturated heterocycles. The maximum Gasteiger partial charge on any atom is 0.327 e. The van der Waals surface area contributed by atoms with E-state index in [9.17, 15) is 14.0 Å². The van der Waals surface area contributed by atoms with Crippen molar-refractivity contribution in [2.24, 2.45) is 0 Å². The van der Waals surface area contributed by atoms with Gasteiger partial charge in [0.25, 0.3) is 0 Å². The number of nitrogens with zero attached hydrogens (tertiary/aromatic N) is 2. The highest BCUT2D eigenvalue weighted by atomic mass is 19.1.